The van der Waals surface area contributed by atoms with Crippen molar-refractivity contribution in [3.63, 3.8) is 0 Å². The summed E-state index contributed by atoms with van der Waals surface area (Å²) in [5.74, 6) is 0.934. The number of aryl methyl sites for hydroxylation is 2. The summed E-state index contributed by atoms with van der Waals surface area (Å²) >= 11 is 0. The van der Waals surface area contributed by atoms with E-state index in [1.807, 2.05) is 19.9 Å². The van der Waals surface area contributed by atoms with E-state index in [9.17, 15) is 0 Å². The van der Waals surface area contributed by atoms with Gasteiger partial charge >= 0.3 is 0 Å². The SMILES string of the molecule is Cc1ccc(C)c(OCCOC(C)CN)c1. The average Bonchev–Trinajstić information content (AvgIpc) is 2.28. The van der Waals surface area contributed by atoms with Crippen LogP contribution >= 0.6 is 0 Å². The van der Waals surface area contributed by atoms with E-state index in [0.717, 1.165) is 11.3 Å². The van der Waals surface area contributed by atoms with E-state index in [4.69, 9.17) is 15.2 Å². The molecule has 0 bridgehead atoms. The number of ether oxygens (including phenoxy) is 2. The van der Waals surface area contributed by atoms with Crippen LogP contribution in [0.2, 0.25) is 0 Å². The molecule has 0 saturated heterocycles. The van der Waals surface area contributed by atoms with Crippen LogP contribution < -0.4 is 10.5 Å². The molecule has 0 spiro atoms. The quantitative estimate of drug-likeness (QED) is 0.751. The van der Waals surface area contributed by atoms with Crippen LogP contribution in [0.3, 0.4) is 0 Å². The second-order valence-corrected chi connectivity index (χ2v) is 4.03. The highest BCUT2D eigenvalue weighted by Crippen LogP contribution is 2.18. The average molecular weight is 223 g/mol. The maximum atomic E-state index is 5.65. The fourth-order valence-corrected chi connectivity index (χ4v) is 1.33. The van der Waals surface area contributed by atoms with Gasteiger partial charge < -0.3 is 15.2 Å². The summed E-state index contributed by atoms with van der Waals surface area (Å²) in [4.78, 5) is 0. The summed E-state index contributed by atoms with van der Waals surface area (Å²) in [6.45, 7) is 7.74. The van der Waals surface area contributed by atoms with Crippen molar-refractivity contribution in [1.29, 1.82) is 0 Å². The van der Waals surface area contributed by atoms with E-state index < -0.39 is 0 Å². The third-order valence-corrected chi connectivity index (χ3v) is 2.42. The van der Waals surface area contributed by atoms with Crippen LogP contribution in [-0.2, 0) is 4.74 Å². The molecule has 0 radical (unpaired) electrons. The molecule has 1 aromatic carbocycles. The Labute approximate surface area is 97.6 Å². The first-order valence-electron chi connectivity index (χ1n) is 5.65. The lowest BCUT2D eigenvalue weighted by molar-refractivity contribution is 0.0495. The smallest absolute Gasteiger partial charge is 0.122 e. The molecule has 1 rings (SSSR count). The van der Waals surface area contributed by atoms with Gasteiger partial charge in [-0.15, -0.1) is 0 Å². The van der Waals surface area contributed by atoms with Gasteiger partial charge in [-0.1, -0.05) is 12.1 Å². The lowest BCUT2D eigenvalue weighted by Crippen LogP contribution is -2.22. The van der Waals surface area contributed by atoms with Crippen LogP contribution in [0.1, 0.15) is 18.1 Å². The van der Waals surface area contributed by atoms with E-state index in [2.05, 4.69) is 19.1 Å². The Bertz CT molecular complexity index is 326. The van der Waals surface area contributed by atoms with Gasteiger partial charge in [-0.25, -0.2) is 0 Å². The van der Waals surface area contributed by atoms with E-state index >= 15 is 0 Å². The van der Waals surface area contributed by atoms with Crippen molar-refractivity contribution in [2.45, 2.75) is 26.9 Å². The first-order valence-corrected chi connectivity index (χ1v) is 5.65. The predicted octanol–water partition coefficient (Wildman–Crippen LogP) is 2.05. The minimum absolute atomic E-state index is 0.0993. The first kappa shape index (κ1) is 13.0. The number of rotatable bonds is 6. The number of benzene rings is 1. The molecular weight excluding hydrogens is 202 g/mol. The van der Waals surface area contributed by atoms with E-state index in [0.29, 0.717) is 19.8 Å². The molecule has 0 aliphatic rings. The number of nitrogens with two attached hydrogens (primary N) is 1. The van der Waals surface area contributed by atoms with Gasteiger partial charge in [-0.05, 0) is 38.0 Å². The molecule has 1 aromatic rings. The maximum Gasteiger partial charge on any atom is 0.122 e. The Morgan fingerprint density at radius 2 is 2.00 bits per heavy atom. The first-order chi connectivity index (χ1) is 7.63. The second kappa shape index (κ2) is 6.51. The van der Waals surface area contributed by atoms with Crippen LogP contribution in [0, 0.1) is 13.8 Å². The van der Waals surface area contributed by atoms with E-state index in [-0.39, 0.29) is 6.10 Å². The molecule has 2 N–H and O–H groups in total. The monoisotopic (exact) mass is 223 g/mol. The Morgan fingerprint density at radius 3 is 2.69 bits per heavy atom. The summed E-state index contributed by atoms with van der Waals surface area (Å²) in [7, 11) is 0. The molecular formula is C13H21NO2. The van der Waals surface area contributed by atoms with Crippen LogP contribution in [0.25, 0.3) is 0 Å². The third kappa shape index (κ3) is 4.21. The molecule has 1 unspecified atom stereocenters. The lowest BCUT2D eigenvalue weighted by Gasteiger charge is -2.12. The topological polar surface area (TPSA) is 44.5 Å². The van der Waals surface area contributed by atoms with Gasteiger partial charge in [0.2, 0.25) is 0 Å². The zero-order valence-corrected chi connectivity index (χ0v) is 10.3. The highest BCUT2D eigenvalue weighted by Gasteiger charge is 2.01. The molecule has 0 aliphatic heterocycles. The zero-order valence-electron chi connectivity index (χ0n) is 10.3. The highest BCUT2D eigenvalue weighted by atomic mass is 16.5. The van der Waals surface area contributed by atoms with Crippen LogP contribution in [0.15, 0.2) is 18.2 Å². The van der Waals surface area contributed by atoms with Crippen molar-refractivity contribution in [3.05, 3.63) is 29.3 Å². The molecule has 0 amide bonds. The Balaban J connectivity index is 2.34. The molecule has 0 fully saturated rings. The van der Waals surface area contributed by atoms with Gasteiger partial charge in [-0.3, -0.25) is 0 Å². The fourth-order valence-electron chi connectivity index (χ4n) is 1.33. The van der Waals surface area contributed by atoms with Crippen molar-refractivity contribution in [2.24, 2.45) is 5.73 Å². The molecule has 0 aromatic heterocycles. The van der Waals surface area contributed by atoms with E-state index in [1.165, 1.54) is 5.56 Å². The fraction of sp³-hybridized carbons (Fsp3) is 0.538. The molecule has 3 nitrogen and oxygen atoms in total. The molecule has 90 valence electrons. The van der Waals surface area contributed by atoms with Crippen LogP contribution in [0.4, 0.5) is 0 Å². The second-order valence-electron chi connectivity index (χ2n) is 4.03. The summed E-state index contributed by atoms with van der Waals surface area (Å²) < 4.78 is 11.1. The lowest BCUT2D eigenvalue weighted by atomic mass is 10.1. The molecule has 16 heavy (non-hydrogen) atoms. The predicted molar refractivity (Wildman–Crippen MR) is 65.9 cm³/mol. The van der Waals surface area contributed by atoms with Crippen molar-refractivity contribution in [3.8, 4) is 5.75 Å². The van der Waals surface area contributed by atoms with Gasteiger partial charge in [0.05, 0.1) is 12.7 Å². The summed E-state index contributed by atoms with van der Waals surface area (Å²) in [6.07, 6.45) is 0.0993. The van der Waals surface area contributed by atoms with Crippen molar-refractivity contribution < 1.29 is 9.47 Å². The molecule has 0 aliphatic carbocycles. The maximum absolute atomic E-state index is 5.65. The van der Waals surface area contributed by atoms with Gasteiger partial charge in [0.25, 0.3) is 0 Å². The van der Waals surface area contributed by atoms with Crippen molar-refractivity contribution >= 4 is 0 Å². The van der Waals surface area contributed by atoms with E-state index in [1.54, 1.807) is 0 Å². The standard InChI is InChI=1S/C13H21NO2/c1-10-4-5-11(2)13(8-10)16-7-6-15-12(3)9-14/h4-5,8,12H,6-7,9,14H2,1-3H3. The highest BCUT2D eigenvalue weighted by molar-refractivity contribution is 5.35. The normalized spacial score (nSPS) is 12.5. The Morgan fingerprint density at radius 1 is 1.25 bits per heavy atom. The minimum Gasteiger partial charge on any atom is -0.491 e. The van der Waals surface area contributed by atoms with Gasteiger partial charge in [-0.2, -0.15) is 0 Å². The number of hydrogen-bond donors (Lipinski definition) is 1. The Kier molecular flexibility index (Phi) is 5.29. The van der Waals surface area contributed by atoms with Crippen LogP contribution in [0.5, 0.6) is 5.75 Å². The molecule has 0 saturated carbocycles. The molecule has 1 atom stereocenters. The largest absolute Gasteiger partial charge is 0.491 e. The van der Waals surface area contributed by atoms with Crippen molar-refractivity contribution in [2.75, 3.05) is 19.8 Å². The summed E-state index contributed by atoms with van der Waals surface area (Å²) in [6, 6.07) is 6.19. The van der Waals surface area contributed by atoms with Crippen molar-refractivity contribution in [1.82, 2.24) is 0 Å². The van der Waals surface area contributed by atoms with Crippen LogP contribution in [-0.4, -0.2) is 25.9 Å². The molecule has 0 heterocycles. The third-order valence-electron chi connectivity index (χ3n) is 2.42. The minimum atomic E-state index is 0.0993. The zero-order chi connectivity index (χ0) is 12.0. The van der Waals surface area contributed by atoms with Gasteiger partial charge in [0.15, 0.2) is 0 Å². The summed E-state index contributed by atoms with van der Waals surface area (Å²) in [5.41, 5.74) is 7.80. The van der Waals surface area contributed by atoms with Gasteiger partial charge in [0.1, 0.15) is 12.4 Å². The van der Waals surface area contributed by atoms with Gasteiger partial charge in [0, 0.05) is 6.54 Å². The number of hydrogen-bond acceptors (Lipinski definition) is 3. The molecule has 3 heteroatoms. The summed E-state index contributed by atoms with van der Waals surface area (Å²) in [5, 5.41) is 0. The Hall–Kier alpha value is -1.06.